The van der Waals surface area contributed by atoms with Gasteiger partial charge < -0.3 is 9.47 Å². The standard InChI is InChI=1S/C43H32N2/c1-43(2)37-19-11-12-20-40(37)45(34-17-7-4-8-18-34)41-24-22-32(27-38(41)43)31-21-23-39-35(26-31)36-25-29-13-9-10-14-30(29)28-42(36)44(39)33-15-5-3-6-16-33/h3-28H,1-2H3. The van der Waals surface area contributed by atoms with Gasteiger partial charge in [0.1, 0.15) is 0 Å². The molecule has 0 saturated heterocycles. The monoisotopic (exact) mass is 576 g/mol. The first-order valence-electron chi connectivity index (χ1n) is 15.7. The minimum atomic E-state index is -0.153. The minimum Gasteiger partial charge on any atom is -0.310 e. The highest BCUT2D eigenvalue weighted by Gasteiger charge is 2.37. The molecule has 2 heteroatoms. The summed E-state index contributed by atoms with van der Waals surface area (Å²) in [7, 11) is 0. The van der Waals surface area contributed by atoms with Crippen molar-refractivity contribution in [3.05, 3.63) is 169 Å². The molecule has 0 atom stereocenters. The summed E-state index contributed by atoms with van der Waals surface area (Å²) in [6, 6.07) is 57.7. The fraction of sp³-hybridized carbons (Fsp3) is 0.0698. The van der Waals surface area contributed by atoms with Gasteiger partial charge in [0.15, 0.2) is 0 Å². The zero-order valence-electron chi connectivity index (χ0n) is 25.4. The first-order valence-corrected chi connectivity index (χ1v) is 15.7. The molecule has 45 heavy (non-hydrogen) atoms. The quantitative estimate of drug-likeness (QED) is 0.203. The van der Waals surface area contributed by atoms with Crippen molar-refractivity contribution in [2.75, 3.05) is 4.90 Å². The zero-order valence-corrected chi connectivity index (χ0v) is 25.4. The van der Waals surface area contributed by atoms with Gasteiger partial charge in [-0.1, -0.05) is 105 Å². The molecule has 0 aliphatic carbocycles. The van der Waals surface area contributed by atoms with Crippen molar-refractivity contribution in [2.45, 2.75) is 19.3 Å². The van der Waals surface area contributed by atoms with Crippen molar-refractivity contribution in [3.8, 4) is 16.8 Å². The van der Waals surface area contributed by atoms with Crippen molar-refractivity contribution in [1.82, 2.24) is 4.57 Å². The summed E-state index contributed by atoms with van der Waals surface area (Å²) < 4.78 is 2.41. The number of benzene rings is 7. The van der Waals surface area contributed by atoms with E-state index in [9.17, 15) is 0 Å². The van der Waals surface area contributed by atoms with Crippen molar-refractivity contribution in [1.29, 1.82) is 0 Å². The van der Waals surface area contributed by atoms with Crippen LogP contribution in [0.5, 0.6) is 0 Å². The van der Waals surface area contributed by atoms with E-state index in [0.717, 1.165) is 0 Å². The van der Waals surface area contributed by atoms with Gasteiger partial charge in [0.25, 0.3) is 0 Å². The van der Waals surface area contributed by atoms with E-state index in [-0.39, 0.29) is 5.41 Å². The molecule has 0 bridgehead atoms. The maximum Gasteiger partial charge on any atom is 0.0547 e. The van der Waals surface area contributed by atoms with Crippen molar-refractivity contribution in [3.63, 3.8) is 0 Å². The molecule has 1 aliphatic heterocycles. The highest BCUT2D eigenvalue weighted by atomic mass is 15.2. The molecule has 0 unspecified atom stereocenters. The van der Waals surface area contributed by atoms with Gasteiger partial charge in [-0.25, -0.2) is 0 Å². The lowest BCUT2D eigenvalue weighted by Gasteiger charge is -2.42. The van der Waals surface area contributed by atoms with Crippen LogP contribution in [0, 0.1) is 0 Å². The second-order valence-corrected chi connectivity index (χ2v) is 12.7. The van der Waals surface area contributed by atoms with Crippen LogP contribution in [0.15, 0.2) is 158 Å². The van der Waals surface area contributed by atoms with Gasteiger partial charge in [0, 0.05) is 27.6 Å². The lowest BCUT2D eigenvalue weighted by atomic mass is 9.73. The summed E-state index contributed by atoms with van der Waals surface area (Å²) in [5.74, 6) is 0. The smallest absolute Gasteiger partial charge is 0.0547 e. The molecular weight excluding hydrogens is 544 g/mol. The summed E-state index contributed by atoms with van der Waals surface area (Å²) in [4.78, 5) is 2.42. The molecular formula is C43H32N2. The Hall–Kier alpha value is -5.60. The van der Waals surface area contributed by atoms with E-state index in [2.05, 4.69) is 181 Å². The lowest BCUT2D eigenvalue weighted by molar-refractivity contribution is 0.632. The summed E-state index contributed by atoms with van der Waals surface area (Å²) in [5, 5.41) is 5.06. The number of hydrogen-bond donors (Lipinski definition) is 0. The fourth-order valence-electron chi connectivity index (χ4n) is 7.48. The molecule has 214 valence electrons. The highest BCUT2D eigenvalue weighted by molar-refractivity contribution is 6.14. The molecule has 0 fully saturated rings. The highest BCUT2D eigenvalue weighted by Crippen LogP contribution is 2.52. The van der Waals surface area contributed by atoms with Crippen LogP contribution < -0.4 is 4.90 Å². The molecule has 0 amide bonds. The molecule has 2 heterocycles. The van der Waals surface area contributed by atoms with Crippen LogP contribution in [0.3, 0.4) is 0 Å². The fourth-order valence-corrected chi connectivity index (χ4v) is 7.48. The average molecular weight is 577 g/mol. The van der Waals surface area contributed by atoms with Crippen LogP contribution in [0.1, 0.15) is 25.0 Å². The predicted molar refractivity (Wildman–Crippen MR) is 191 cm³/mol. The first-order chi connectivity index (χ1) is 22.1. The van der Waals surface area contributed by atoms with E-state index in [1.165, 1.54) is 77.6 Å². The Labute approximate surface area is 263 Å². The van der Waals surface area contributed by atoms with Gasteiger partial charge in [-0.3, -0.25) is 0 Å². The van der Waals surface area contributed by atoms with Crippen LogP contribution in [-0.4, -0.2) is 4.57 Å². The van der Waals surface area contributed by atoms with Gasteiger partial charge in [0.05, 0.1) is 22.4 Å². The third-order valence-corrected chi connectivity index (χ3v) is 9.72. The Kier molecular flexibility index (Phi) is 5.58. The summed E-state index contributed by atoms with van der Waals surface area (Å²) in [6.07, 6.45) is 0. The second kappa shape index (κ2) is 9.70. The van der Waals surface area contributed by atoms with Gasteiger partial charge in [-0.2, -0.15) is 0 Å². The van der Waals surface area contributed by atoms with Crippen LogP contribution in [-0.2, 0) is 5.41 Å². The van der Waals surface area contributed by atoms with E-state index in [1.807, 2.05) is 0 Å². The maximum atomic E-state index is 2.42. The number of nitrogens with zero attached hydrogens (tertiary/aromatic N) is 2. The molecule has 0 saturated carbocycles. The second-order valence-electron chi connectivity index (χ2n) is 12.7. The van der Waals surface area contributed by atoms with E-state index < -0.39 is 0 Å². The summed E-state index contributed by atoms with van der Waals surface area (Å²) in [6.45, 7) is 4.72. The van der Waals surface area contributed by atoms with Gasteiger partial charge in [-0.15, -0.1) is 0 Å². The Morgan fingerprint density at radius 2 is 1.00 bits per heavy atom. The molecule has 0 N–H and O–H groups in total. The lowest BCUT2D eigenvalue weighted by Crippen LogP contribution is -2.30. The van der Waals surface area contributed by atoms with E-state index in [4.69, 9.17) is 0 Å². The number of fused-ring (bicyclic) bond motifs is 6. The molecule has 8 aromatic rings. The Morgan fingerprint density at radius 1 is 0.422 bits per heavy atom. The van der Waals surface area contributed by atoms with Crippen LogP contribution >= 0.6 is 0 Å². The summed E-state index contributed by atoms with van der Waals surface area (Å²) in [5.41, 5.74) is 12.3. The molecule has 0 spiro atoms. The topological polar surface area (TPSA) is 8.17 Å². The van der Waals surface area contributed by atoms with Crippen LogP contribution in [0.25, 0.3) is 49.4 Å². The maximum absolute atomic E-state index is 2.42. The molecule has 2 nitrogen and oxygen atoms in total. The first kappa shape index (κ1) is 25.9. The number of anilines is 3. The SMILES string of the molecule is CC1(C)c2ccccc2N(c2ccccc2)c2ccc(-c3ccc4c(c3)c3cc5ccccc5cc3n4-c3ccccc3)cc21. The van der Waals surface area contributed by atoms with Gasteiger partial charge in [0.2, 0.25) is 0 Å². The Morgan fingerprint density at radius 3 is 1.78 bits per heavy atom. The van der Waals surface area contributed by atoms with Crippen molar-refractivity contribution >= 4 is 49.6 Å². The minimum absolute atomic E-state index is 0.153. The molecule has 1 aliphatic rings. The van der Waals surface area contributed by atoms with E-state index >= 15 is 0 Å². The Bertz CT molecular complexity index is 2400. The number of rotatable bonds is 3. The number of para-hydroxylation sites is 3. The van der Waals surface area contributed by atoms with Crippen molar-refractivity contribution < 1.29 is 0 Å². The molecule has 7 aromatic carbocycles. The van der Waals surface area contributed by atoms with Crippen molar-refractivity contribution in [2.24, 2.45) is 0 Å². The Balaban J connectivity index is 1.27. The van der Waals surface area contributed by atoms with Gasteiger partial charge >= 0.3 is 0 Å². The third kappa shape index (κ3) is 3.89. The van der Waals surface area contributed by atoms with Gasteiger partial charge in [-0.05, 0) is 99.8 Å². The third-order valence-electron chi connectivity index (χ3n) is 9.72. The number of aromatic nitrogens is 1. The van der Waals surface area contributed by atoms with E-state index in [1.54, 1.807) is 0 Å². The predicted octanol–water partition coefficient (Wildman–Crippen LogP) is 11.7. The normalized spacial score (nSPS) is 13.7. The number of hydrogen-bond acceptors (Lipinski definition) is 1. The molecule has 0 radical (unpaired) electrons. The summed E-state index contributed by atoms with van der Waals surface area (Å²) >= 11 is 0. The average Bonchev–Trinajstić information content (AvgIpc) is 3.40. The van der Waals surface area contributed by atoms with Crippen LogP contribution in [0.4, 0.5) is 17.1 Å². The molecule has 9 rings (SSSR count). The van der Waals surface area contributed by atoms with E-state index in [0.29, 0.717) is 0 Å². The largest absolute Gasteiger partial charge is 0.310 e. The van der Waals surface area contributed by atoms with Crippen LogP contribution in [0.2, 0.25) is 0 Å². The zero-order chi connectivity index (χ0) is 30.1. The molecule has 1 aromatic heterocycles.